The van der Waals surface area contributed by atoms with Gasteiger partial charge in [-0.05, 0) is 61.2 Å². The van der Waals surface area contributed by atoms with Crippen molar-refractivity contribution < 1.29 is 13.9 Å². The lowest BCUT2D eigenvalue weighted by molar-refractivity contribution is 0.122. The largest absolute Gasteiger partial charge is 0.378 e. The number of urea groups is 1. The van der Waals surface area contributed by atoms with E-state index in [0.29, 0.717) is 24.8 Å². The number of benzene rings is 2. The second-order valence-electron chi connectivity index (χ2n) is 9.88. The van der Waals surface area contributed by atoms with Gasteiger partial charge in [-0.1, -0.05) is 31.4 Å². The van der Waals surface area contributed by atoms with Gasteiger partial charge < -0.3 is 24.8 Å². The Labute approximate surface area is 227 Å². The number of nitrogens with one attached hydrogen (secondary N) is 2. The molecule has 1 saturated carbocycles. The fourth-order valence-corrected chi connectivity index (χ4v) is 6.03. The van der Waals surface area contributed by atoms with Crippen LogP contribution in [0, 0.1) is 5.82 Å². The summed E-state index contributed by atoms with van der Waals surface area (Å²) in [6.45, 7) is 4.60. The predicted octanol–water partition coefficient (Wildman–Crippen LogP) is 5.45. The normalized spacial score (nSPS) is 17.0. The van der Waals surface area contributed by atoms with E-state index < -0.39 is 0 Å². The number of anilines is 1. The van der Waals surface area contributed by atoms with Crippen molar-refractivity contribution in [3.8, 4) is 11.3 Å². The third kappa shape index (κ3) is 7.02. The highest BCUT2D eigenvalue weighted by Crippen LogP contribution is 2.25. The number of thiazole rings is 1. The fraction of sp³-hybridized carbons (Fsp3) is 0.448. The highest BCUT2D eigenvalue weighted by atomic mass is 32.1. The standard InChI is InChI=1S/C29H36FN5O2S/c30-23-9-11-25(12-10-23)33-29-35(16-4-15-31-28(36)32-24-5-2-1-3-6-24)27(21-38-29)22-7-13-26(14-8-22)34-17-19-37-20-18-34/h7-14,21,24H,1-6,15-20H2,(H2,31,32,36)/b33-29-. The average molecular weight is 538 g/mol. The van der Waals surface area contributed by atoms with Crippen LogP contribution in [0.3, 0.4) is 0 Å². The monoisotopic (exact) mass is 537 g/mol. The fourth-order valence-electron chi connectivity index (χ4n) is 5.08. The molecule has 1 aromatic heterocycles. The van der Waals surface area contributed by atoms with Gasteiger partial charge in [0, 0.05) is 43.3 Å². The number of ether oxygens (including phenoxy) is 1. The Balaban J connectivity index is 1.30. The lowest BCUT2D eigenvalue weighted by Crippen LogP contribution is -2.43. The zero-order valence-electron chi connectivity index (χ0n) is 21.7. The van der Waals surface area contributed by atoms with Crippen LogP contribution in [-0.4, -0.2) is 49.5 Å². The van der Waals surface area contributed by atoms with Crippen molar-refractivity contribution in [3.05, 3.63) is 64.5 Å². The Morgan fingerprint density at radius 1 is 1.03 bits per heavy atom. The number of amides is 2. The number of carbonyl (C=O) groups excluding carboxylic acids is 1. The maximum Gasteiger partial charge on any atom is 0.315 e. The molecule has 0 bridgehead atoms. The predicted molar refractivity (Wildman–Crippen MR) is 150 cm³/mol. The van der Waals surface area contributed by atoms with Crippen molar-refractivity contribution in [3.63, 3.8) is 0 Å². The van der Waals surface area contributed by atoms with Crippen LogP contribution in [0.2, 0.25) is 0 Å². The van der Waals surface area contributed by atoms with Gasteiger partial charge in [-0.3, -0.25) is 0 Å². The summed E-state index contributed by atoms with van der Waals surface area (Å²) in [5.41, 5.74) is 4.10. The van der Waals surface area contributed by atoms with Crippen LogP contribution in [0.4, 0.5) is 20.6 Å². The van der Waals surface area contributed by atoms with Crippen molar-refractivity contribution in [1.82, 2.24) is 15.2 Å². The van der Waals surface area contributed by atoms with Crippen molar-refractivity contribution in [2.75, 3.05) is 37.7 Å². The highest BCUT2D eigenvalue weighted by Gasteiger charge is 2.16. The summed E-state index contributed by atoms with van der Waals surface area (Å²) in [6, 6.07) is 15.1. The number of rotatable bonds is 8. The minimum Gasteiger partial charge on any atom is -0.378 e. The van der Waals surface area contributed by atoms with E-state index in [0.717, 1.165) is 61.6 Å². The zero-order valence-corrected chi connectivity index (χ0v) is 22.5. The molecule has 5 rings (SSSR count). The molecule has 1 aliphatic carbocycles. The van der Waals surface area contributed by atoms with E-state index in [1.807, 2.05) is 0 Å². The SMILES string of the molecule is O=C(NCCCn1c(-c2ccc(N3CCOCC3)cc2)cs/c1=N\c1ccc(F)cc1)NC1CCCCC1. The van der Waals surface area contributed by atoms with Gasteiger partial charge in [0.2, 0.25) is 0 Å². The Kier molecular flexibility index (Phi) is 9.09. The van der Waals surface area contributed by atoms with E-state index in [1.54, 1.807) is 23.5 Å². The third-order valence-corrected chi connectivity index (χ3v) is 8.04. The number of morpholine rings is 1. The number of aromatic nitrogens is 1. The summed E-state index contributed by atoms with van der Waals surface area (Å²) in [6.07, 6.45) is 6.55. The third-order valence-electron chi connectivity index (χ3n) is 7.17. The molecule has 0 radical (unpaired) electrons. The van der Waals surface area contributed by atoms with Crippen molar-refractivity contribution in [2.24, 2.45) is 4.99 Å². The molecule has 2 amide bonds. The van der Waals surface area contributed by atoms with E-state index in [4.69, 9.17) is 9.73 Å². The molecule has 38 heavy (non-hydrogen) atoms. The van der Waals surface area contributed by atoms with Crippen LogP contribution >= 0.6 is 11.3 Å². The van der Waals surface area contributed by atoms with E-state index >= 15 is 0 Å². The first-order valence-electron chi connectivity index (χ1n) is 13.6. The van der Waals surface area contributed by atoms with Crippen molar-refractivity contribution in [1.29, 1.82) is 0 Å². The Morgan fingerprint density at radius 3 is 2.50 bits per heavy atom. The average Bonchev–Trinajstić information content (AvgIpc) is 3.35. The van der Waals surface area contributed by atoms with Crippen molar-refractivity contribution >= 4 is 28.7 Å². The van der Waals surface area contributed by atoms with Gasteiger partial charge in [-0.15, -0.1) is 11.3 Å². The molecule has 7 nitrogen and oxygen atoms in total. The van der Waals surface area contributed by atoms with Crippen LogP contribution in [0.5, 0.6) is 0 Å². The lowest BCUT2D eigenvalue weighted by Gasteiger charge is -2.28. The maximum atomic E-state index is 13.4. The number of hydrogen-bond donors (Lipinski definition) is 2. The summed E-state index contributed by atoms with van der Waals surface area (Å²) in [5.74, 6) is -0.276. The lowest BCUT2D eigenvalue weighted by atomic mass is 9.96. The van der Waals surface area contributed by atoms with Gasteiger partial charge in [-0.25, -0.2) is 14.2 Å². The molecule has 2 aliphatic rings. The number of halogens is 1. The molecule has 0 atom stereocenters. The quantitative estimate of drug-likeness (QED) is 0.376. The first kappa shape index (κ1) is 26.4. The molecule has 202 valence electrons. The van der Waals surface area contributed by atoms with E-state index in [-0.39, 0.29) is 11.8 Å². The molecular weight excluding hydrogens is 501 g/mol. The molecule has 1 aliphatic heterocycles. The highest BCUT2D eigenvalue weighted by molar-refractivity contribution is 7.07. The topological polar surface area (TPSA) is 70.9 Å². The zero-order chi connectivity index (χ0) is 26.2. The first-order chi connectivity index (χ1) is 18.7. The molecule has 2 fully saturated rings. The Bertz CT molecular complexity index is 1240. The molecule has 3 aromatic rings. The van der Waals surface area contributed by atoms with Gasteiger partial charge in [0.25, 0.3) is 0 Å². The van der Waals surface area contributed by atoms with E-state index in [9.17, 15) is 9.18 Å². The van der Waals surface area contributed by atoms with Crippen LogP contribution in [0.15, 0.2) is 58.9 Å². The smallest absolute Gasteiger partial charge is 0.315 e. The summed E-state index contributed by atoms with van der Waals surface area (Å²) >= 11 is 1.57. The number of nitrogens with zero attached hydrogens (tertiary/aromatic N) is 3. The summed E-state index contributed by atoms with van der Waals surface area (Å²) in [4.78, 5) is 20.4. The van der Waals surface area contributed by atoms with Crippen molar-refractivity contribution in [2.45, 2.75) is 51.1 Å². The maximum absolute atomic E-state index is 13.4. The Morgan fingerprint density at radius 2 is 1.76 bits per heavy atom. The second-order valence-corrected chi connectivity index (χ2v) is 10.7. The summed E-state index contributed by atoms with van der Waals surface area (Å²) in [5, 5.41) is 8.26. The van der Waals surface area contributed by atoms with Gasteiger partial charge in [0.1, 0.15) is 5.82 Å². The van der Waals surface area contributed by atoms with E-state index in [1.165, 1.54) is 37.1 Å². The second kappa shape index (κ2) is 13.1. The summed E-state index contributed by atoms with van der Waals surface area (Å²) in [7, 11) is 0. The van der Waals surface area contributed by atoms with Gasteiger partial charge in [-0.2, -0.15) is 0 Å². The minimum atomic E-state index is -0.276. The number of carbonyl (C=O) groups is 1. The van der Waals surface area contributed by atoms with Gasteiger partial charge in [0.05, 0.1) is 24.6 Å². The molecule has 2 aromatic carbocycles. The van der Waals surface area contributed by atoms with Gasteiger partial charge in [0.15, 0.2) is 4.80 Å². The minimum absolute atomic E-state index is 0.0811. The molecule has 9 heteroatoms. The molecule has 0 spiro atoms. The van der Waals surface area contributed by atoms with Gasteiger partial charge >= 0.3 is 6.03 Å². The van der Waals surface area contributed by atoms with Crippen LogP contribution in [0.25, 0.3) is 11.3 Å². The van der Waals surface area contributed by atoms with Crippen LogP contribution in [0.1, 0.15) is 38.5 Å². The molecule has 2 heterocycles. The van der Waals surface area contributed by atoms with E-state index in [2.05, 4.69) is 49.7 Å². The number of hydrogen-bond acceptors (Lipinski definition) is 5. The Hall–Kier alpha value is -3.17. The molecular formula is C29H36FN5O2S. The molecule has 1 saturated heterocycles. The molecule has 2 N–H and O–H groups in total. The summed E-state index contributed by atoms with van der Waals surface area (Å²) < 4.78 is 21.1. The first-order valence-corrected chi connectivity index (χ1v) is 14.5. The van der Waals surface area contributed by atoms with Crippen LogP contribution in [-0.2, 0) is 11.3 Å². The molecule has 0 unspecified atom stereocenters. The van der Waals surface area contributed by atoms with Crippen LogP contribution < -0.4 is 20.3 Å².